The number of fused-ring (bicyclic) bond motifs is 1. The maximum atomic E-state index is 12.9. The van der Waals surface area contributed by atoms with E-state index in [2.05, 4.69) is 50.8 Å². The Labute approximate surface area is 165 Å². The van der Waals surface area contributed by atoms with Gasteiger partial charge in [0, 0.05) is 49.4 Å². The number of likely N-dealkylation sites (N-methyl/N-ethyl adjacent to an activating group) is 1. The van der Waals surface area contributed by atoms with E-state index in [0.29, 0.717) is 22.6 Å². The van der Waals surface area contributed by atoms with Crippen LogP contribution in [0.25, 0.3) is 0 Å². The van der Waals surface area contributed by atoms with Crippen molar-refractivity contribution in [2.45, 2.75) is 29.5 Å². The molecule has 0 spiro atoms. The average molecular weight is 468 g/mol. The van der Waals surface area contributed by atoms with Gasteiger partial charge in [-0.2, -0.15) is 0 Å². The second kappa shape index (κ2) is 6.80. The van der Waals surface area contributed by atoms with E-state index in [0.717, 1.165) is 30.9 Å². The van der Waals surface area contributed by atoms with Crippen LogP contribution in [0.4, 0.5) is 5.69 Å². The van der Waals surface area contributed by atoms with Gasteiger partial charge in [-0.25, -0.2) is 0 Å². The van der Waals surface area contributed by atoms with Crippen molar-refractivity contribution < 1.29 is 14.4 Å². The quantitative estimate of drug-likeness (QED) is 0.303. The number of carbonyl (C=O) groups is 3. The van der Waals surface area contributed by atoms with E-state index in [-0.39, 0.29) is 24.1 Å². The minimum atomic E-state index is -0.565. The molecule has 0 aromatic heterocycles. The van der Waals surface area contributed by atoms with Crippen molar-refractivity contribution in [2.75, 3.05) is 31.6 Å². The number of benzene rings is 1. The summed E-state index contributed by atoms with van der Waals surface area (Å²) in [6.07, 6.45) is 0.669. The van der Waals surface area contributed by atoms with Crippen LogP contribution in [-0.2, 0) is 16.1 Å². The van der Waals surface area contributed by atoms with E-state index in [4.69, 9.17) is 0 Å². The van der Waals surface area contributed by atoms with Gasteiger partial charge in [0.1, 0.15) is 6.04 Å². The Morgan fingerprint density at radius 2 is 2.00 bits per heavy atom. The van der Waals surface area contributed by atoms with Crippen LogP contribution in [0.3, 0.4) is 0 Å². The minimum Gasteiger partial charge on any atom is -0.368 e. The van der Waals surface area contributed by atoms with E-state index in [1.807, 2.05) is 12.1 Å². The Bertz CT molecular complexity index is 784. The lowest BCUT2D eigenvalue weighted by Crippen LogP contribution is -2.52. The molecule has 1 aromatic carbocycles. The third-order valence-corrected chi connectivity index (χ3v) is 6.81. The van der Waals surface area contributed by atoms with E-state index in [1.54, 1.807) is 4.90 Å². The smallest absolute Gasteiger partial charge is 0.255 e. The lowest BCUT2D eigenvalue weighted by molar-refractivity contribution is -0.136. The predicted octanol–water partition coefficient (Wildman–Crippen LogP) is 0.960. The van der Waals surface area contributed by atoms with Crippen LogP contribution in [0.5, 0.6) is 0 Å². The lowest BCUT2D eigenvalue weighted by Gasteiger charge is -2.38. The molecule has 3 aliphatic rings. The number of anilines is 1. The number of halogens is 1. The highest BCUT2D eigenvalue weighted by Crippen LogP contribution is 2.35. The van der Waals surface area contributed by atoms with Gasteiger partial charge in [-0.1, -0.05) is 28.7 Å². The molecule has 1 N–H and O–H groups in total. The molecule has 8 heteroatoms. The van der Waals surface area contributed by atoms with Gasteiger partial charge < -0.3 is 9.80 Å². The third-order valence-electron chi connectivity index (χ3n) is 5.47. The van der Waals surface area contributed by atoms with Crippen molar-refractivity contribution in [1.29, 1.82) is 0 Å². The van der Waals surface area contributed by atoms with Gasteiger partial charge in [0.15, 0.2) is 0 Å². The molecule has 4 rings (SSSR count). The topological polar surface area (TPSA) is 73.0 Å². The van der Waals surface area contributed by atoms with Gasteiger partial charge in [0.25, 0.3) is 5.91 Å². The number of amides is 3. The van der Waals surface area contributed by atoms with Gasteiger partial charge in [-0.3, -0.25) is 24.6 Å². The summed E-state index contributed by atoms with van der Waals surface area (Å²) in [5.74, 6) is -0.742. The SMILES string of the molecule is CN1CCN(c2cccc3c2CN(C2CCC(=O)NC2=O)C3=O)CC1I. The first-order valence-corrected chi connectivity index (χ1v) is 10.1. The van der Waals surface area contributed by atoms with Gasteiger partial charge >= 0.3 is 0 Å². The Kier molecular flexibility index (Phi) is 4.64. The highest BCUT2D eigenvalue weighted by atomic mass is 127. The summed E-state index contributed by atoms with van der Waals surface area (Å²) >= 11 is 2.44. The minimum absolute atomic E-state index is 0.114. The number of hydrogen-bond donors (Lipinski definition) is 1. The normalized spacial score (nSPS) is 26.9. The van der Waals surface area contributed by atoms with Crippen molar-refractivity contribution in [3.05, 3.63) is 29.3 Å². The summed E-state index contributed by atoms with van der Waals surface area (Å²) in [6.45, 7) is 3.22. The number of nitrogens with zero attached hydrogens (tertiary/aromatic N) is 3. The lowest BCUT2D eigenvalue weighted by atomic mass is 10.0. The first kappa shape index (κ1) is 17.7. The second-order valence-corrected chi connectivity index (χ2v) is 8.50. The van der Waals surface area contributed by atoms with Crippen LogP contribution < -0.4 is 10.2 Å². The molecule has 0 radical (unpaired) electrons. The fourth-order valence-corrected chi connectivity index (χ4v) is 4.67. The fourth-order valence-electron chi connectivity index (χ4n) is 3.92. The Hall–Kier alpha value is -1.68. The monoisotopic (exact) mass is 468 g/mol. The molecule has 0 aliphatic carbocycles. The summed E-state index contributed by atoms with van der Waals surface area (Å²) in [4.78, 5) is 42.8. The zero-order valence-corrected chi connectivity index (χ0v) is 16.7. The van der Waals surface area contributed by atoms with Gasteiger partial charge in [0.2, 0.25) is 11.8 Å². The number of carbonyl (C=O) groups excluding carboxylic acids is 3. The summed E-state index contributed by atoms with van der Waals surface area (Å²) < 4.78 is 0.417. The molecule has 2 fully saturated rings. The van der Waals surface area contributed by atoms with Crippen molar-refractivity contribution >= 4 is 46.0 Å². The number of rotatable bonds is 2. The predicted molar refractivity (Wildman–Crippen MR) is 105 cm³/mol. The fraction of sp³-hybridized carbons (Fsp3) is 0.500. The molecular weight excluding hydrogens is 447 g/mol. The van der Waals surface area contributed by atoms with Crippen LogP contribution in [0.2, 0.25) is 0 Å². The second-order valence-electron chi connectivity index (χ2n) is 7.06. The highest BCUT2D eigenvalue weighted by Gasteiger charge is 2.40. The number of alkyl halides is 1. The number of piperazine rings is 1. The highest BCUT2D eigenvalue weighted by molar-refractivity contribution is 14.1. The molecule has 7 nitrogen and oxygen atoms in total. The largest absolute Gasteiger partial charge is 0.368 e. The summed E-state index contributed by atoms with van der Waals surface area (Å²) in [6, 6.07) is 5.25. The molecular formula is C18H21IN4O3. The maximum Gasteiger partial charge on any atom is 0.255 e. The number of nitrogens with one attached hydrogen (secondary N) is 1. The molecule has 2 saturated heterocycles. The van der Waals surface area contributed by atoms with Crippen LogP contribution in [0.1, 0.15) is 28.8 Å². The Balaban J connectivity index is 1.60. The molecule has 3 aliphatic heterocycles. The van der Waals surface area contributed by atoms with E-state index >= 15 is 0 Å². The zero-order chi connectivity index (χ0) is 18.4. The van der Waals surface area contributed by atoms with Crippen molar-refractivity contribution in [2.24, 2.45) is 0 Å². The first-order valence-electron chi connectivity index (χ1n) is 8.81. The Morgan fingerprint density at radius 1 is 1.19 bits per heavy atom. The number of imide groups is 1. The molecule has 3 heterocycles. The van der Waals surface area contributed by atoms with Crippen LogP contribution >= 0.6 is 22.6 Å². The van der Waals surface area contributed by atoms with Crippen molar-refractivity contribution in [3.8, 4) is 0 Å². The summed E-state index contributed by atoms with van der Waals surface area (Å²) in [5.41, 5.74) is 2.76. The van der Waals surface area contributed by atoms with Gasteiger partial charge in [0.05, 0.1) is 4.05 Å². The number of hydrogen-bond acceptors (Lipinski definition) is 5. The molecule has 1 aromatic rings. The molecule has 0 saturated carbocycles. The number of piperidine rings is 1. The summed E-state index contributed by atoms with van der Waals surface area (Å²) in [7, 11) is 2.12. The van der Waals surface area contributed by atoms with E-state index in [9.17, 15) is 14.4 Å². The first-order chi connectivity index (χ1) is 12.5. The molecule has 2 unspecified atom stereocenters. The van der Waals surface area contributed by atoms with E-state index < -0.39 is 6.04 Å². The molecule has 26 heavy (non-hydrogen) atoms. The van der Waals surface area contributed by atoms with Crippen LogP contribution in [0, 0.1) is 0 Å². The van der Waals surface area contributed by atoms with E-state index in [1.165, 1.54) is 0 Å². The molecule has 2 atom stereocenters. The average Bonchev–Trinajstić information content (AvgIpc) is 2.94. The zero-order valence-electron chi connectivity index (χ0n) is 14.6. The summed E-state index contributed by atoms with van der Waals surface area (Å²) in [5, 5.41) is 2.35. The molecule has 3 amide bonds. The molecule has 0 bridgehead atoms. The maximum absolute atomic E-state index is 12.9. The van der Waals surface area contributed by atoms with Gasteiger partial charge in [-0.15, -0.1) is 0 Å². The third kappa shape index (κ3) is 2.98. The van der Waals surface area contributed by atoms with Crippen molar-refractivity contribution in [3.63, 3.8) is 0 Å². The molecule has 138 valence electrons. The van der Waals surface area contributed by atoms with Gasteiger partial charge in [-0.05, 0) is 25.6 Å². The standard InChI is InChI=1S/C18H21IN4O3/c1-21-7-8-22(10-15(21)19)13-4-2-3-11-12(13)9-23(18(11)26)14-5-6-16(24)20-17(14)25/h2-4,14-15H,5-10H2,1H3,(H,20,24,25). The van der Waals surface area contributed by atoms with Crippen LogP contribution in [-0.4, -0.2) is 64.3 Å². The van der Waals surface area contributed by atoms with Crippen LogP contribution in [0.15, 0.2) is 18.2 Å². The Morgan fingerprint density at radius 3 is 2.73 bits per heavy atom. The van der Waals surface area contributed by atoms with Crippen molar-refractivity contribution in [1.82, 2.24) is 15.1 Å².